The molecule has 216 valence electrons. The molecule has 0 aliphatic carbocycles. The minimum Gasteiger partial charge on any atom is -0.497 e. The van der Waals surface area contributed by atoms with Crippen LogP contribution in [0.2, 0.25) is 0 Å². The molecular weight excluding hydrogens is 548 g/mol. The van der Waals surface area contributed by atoms with Crippen LogP contribution in [0.4, 0.5) is 0 Å². The van der Waals surface area contributed by atoms with E-state index in [-0.39, 0.29) is 23.9 Å². The lowest BCUT2D eigenvalue weighted by Gasteiger charge is -2.27. The Morgan fingerprint density at radius 3 is 2.42 bits per heavy atom. The fourth-order valence-electron chi connectivity index (χ4n) is 5.33. The van der Waals surface area contributed by atoms with Crippen molar-refractivity contribution in [1.82, 2.24) is 0 Å². The van der Waals surface area contributed by atoms with Crippen LogP contribution in [0.5, 0.6) is 23.0 Å². The summed E-state index contributed by atoms with van der Waals surface area (Å²) in [7, 11) is 2.95. The normalized spacial score (nSPS) is 16.1. The highest BCUT2D eigenvalue weighted by Gasteiger charge is 2.39. The van der Waals surface area contributed by atoms with Crippen molar-refractivity contribution in [3.63, 3.8) is 0 Å². The van der Waals surface area contributed by atoms with E-state index < -0.39 is 11.9 Å². The molecule has 0 saturated carbocycles. The molecule has 43 heavy (non-hydrogen) atoms. The van der Waals surface area contributed by atoms with Crippen LogP contribution in [0.15, 0.2) is 90.7 Å². The quantitative estimate of drug-likeness (QED) is 0.140. The molecule has 0 spiro atoms. The molecule has 8 nitrogen and oxygen atoms in total. The van der Waals surface area contributed by atoms with Crippen LogP contribution in [0.3, 0.4) is 0 Å². The Kier molecular flexibility index (Phi) is 7.66. The number of fused-ring (bicyclic) bond motifs is 3. The first-order valence-electron chi connectivity index (χ1n) is 13.8. The smallest absolute Gasteiger partial charge is 0.337 e. The van der Waals surface area contributed by atoms with Gasteiger partial charge in [0.1, 0.15) is 23.0 Å². The van der Waals surface area contributed by atoms with Crippen molar-refractivity contribution < 1.29 is 38.1 Å². The van der Waals surface area contributed by atoms with Gasteiger partial charge in [-0.2, -0.15) is 0 Å². The van der Waals surface area contributed by atoms with E-state index in [0.29, 0.717) is 52.5 Å². The third-order valence-corrected chi connectivity index (χ3v) is 7.51. The van der Waals surface area contributed by atoms with Gasteiger partial charge in [0.15, 0.2) is 5.76 Å². The first-order valence-corrected chi connectivity index (χ1v) is 13.8. The molecule has 0 saturated heterocycles. The second kappa shape index (κ2) is 11.9. The molecule has 6 rings (SSSR count). The molecule has 0 fully saturated rings. The van der Waals surface area contributed by atoms with Crippen LogP contribution in [-0.4, -0.2) is 38.5 Å². The van der Waals surface area contributed by atoms with E-state index in [2.05, 4.69) is 0 Å². The first kappa shape index (κ1) is 27.8. The van der Waals surface area contributed by atoms with E-state index in [1.165, 1.54) is 7.11 Å². The molecule has 1 unspecified atom stereocenters. The van der Waals surface area contributed by atoms with E-state index in [1.807, 2.05) is 48.5 Å². The number of allylic oxidation sites excluding steroid dienone is 1. The Bertz CT molecular complexity index is 1740. The van der Waals surface area contributed by atoms with Crippen LogP contribution in [0.1, 0.15) is 55.3 Å². The average molecular weight is 577 g/mol. The number of ether oxygens (including phenoxy) is 5. The van der Waals surface area contributed by atoms with Gasteiger partial charge in [-0.25, -0.2) is 4.79 Å². The Hall–Kier alpha value is -5.37. The van der Waals surface area contributed by atoms with Crippen LogP contribution in [-0.2, 0) is 16.0 Å². The van der Waals surface area contributed by atoms with Gasteiger partial charge in [0, 0.05) is 23.5 Å². The molecule has 8 heteroatoms. The minimum atomic E-state index is -0.449. The van der Waals surface area contributed by atoms with Crippen LogP contribution < -0.4 is 18.9 Å². The number of hydrogen-bond donors (Lipinski definition) is 0. The predicted octanol–water partition coefficient (Wildman–Crippen LogP) is 6.16. The van der Waals surface area contributed by atoms with Crippen LogP contribution in [0, 0.1) is 0 Å². The first-order chi connectivity index (χ1) is 20.9. The molecule has 4 aromatic carbocycles. The summed E-state index contributed by atoms with van der Waals surface area (Å²) in [4.78, 5) is 37.9. The van der Waals surface area contributed by atoms with Gasteiger partial charge in [-0.15, -0.1) is 0 Å². The SMILES string of the molecule is COC(=O)c1ccc(/C=C2\Oc3c(ccc4c3C(c3ccccc3OCCc3ccc(OC)cc3)CC(=O)O4)C2=O)cc1. The van der Waals surface area contributed by atoms with Gasteiger partial charge in [0.2, 0.25) is 5.78 Å². The third kappa shape index (κ3) is 5.59. The topological polar surface area (TPSA) is 97.4 Å². The molecular formula is C35H28O8. The number of para-hydroxylation sites is 1. The van der Waals surface area contributed by atoms with Gasteiger partial charge in [-0.05, 0) is 59.7 Å². The highest BCUT2D eigenvalue weighted by Crippen LogP contribution is 2.50. The van der Waals surface area contributed by atoms with E-state index in [9.17, 15) is 14.4 Å². The predicted molar refractivity (Wildman–Crippen MR) is 158 cm³/mol. The zero-order chi connectivity index (χ0) is 29.9. The molecule has 2 aliphatic rings. The summed E-state index contributed by atoms with van der Waals surface area (Å²) in [5, 5.41) is 0. The molecule has 0 radical (unpaired) electrons. The van der Waals surface area contributed by atoms with Crippen LogP contribution >= 0.6 is 0 Å². The van der Waals surface area contributed by atoms with Gasteiger partial charge in [0.05, 0.1) is 38.4 Å². The number of ketones is 1. The van der Waals surface area contributed by atoms with Crippen molar-refractivity contribution in [2.45, 2.75) is 18.8 Å². The molecule has 1 atom stereocenters. The number of esters is 2. The van der Waals surface area contributed by atoms with E-state index in [4.69, 9.17) is 23.7 Å². The summed E-state index contributed by atoms with van der Waals surface area (Å²) in [6, 6.07) is 25.3. The maximum absolute atomic E-state index is 13.4. The fraction of sp³-hybridized carbons (Fsp3) is 0.171. The lowest BCUT2D eigenvalue weighted by molar-refractivity contribution is -0.135. The maximum atomic E-state index is 13.4. The summed E-state index contributed by atoms with van der Waals surface area (Å²) in [5.41, 5.74) is 3.99. The second-order valence-corrected chi connectivity index (χ2v) is 10.1. The molecule has 2 heterocycles. The van der Waals surface area contributed by atoms with Gasteiger partial charge >= 0.3 is 11.9 Å². The van der Waals surface area contributed by atoms with Crippen molar-refractivity contribution in [3.8, 4) is 23.0 Å². The maximum Gasteiger partial charge on any atom is 0.337 e. The molecule has 4 aromatic rings. The third-order valence-electron chi connectivity index (χ3n) is 7.51. The monoisotopic (exact) mass is 576 g/mol. The van der Waals surface area contributed by atoms with Crippen molar-refractivity contribution in [2.24, 2.45) is 0 Å². The fourth-order valence-corrected chi connectivity index (χ4v) is 5.33. The number of methoxy groups -OCH3 is 2. The summed E-state index contributed by atoms with van der Waals surface area (Å²) < 4.78 is 28.0. The number of carbonyl (C=O) groups is 3. The molecule has 0 N–H and O–H groups in total. The number of hydrogen-bond acceptors (Lipinski definition) is 8. The lowest BCUT2D eigenvalue weighted by atomic mass is 9.84. The Labute approximate surface area is 248 Å². The zero-order valence-electron chi connectivity index (χ0n) is 23.6. The summed E-state index contributed by atoms with van der Waals surface area (Å²) in [5.74, 6) is 0.729. The highest BCUT2D eigenvalue weighted by atomic mass is 16.5. The minimum absolute atomic E-state index is 0.0634. The molecule has 0 amide bonds. The van der Waals surface area contributed by atoms with E-state index >= 15 is 0 Å². The number of benzene rings is 4. The number of rotatable bonds is 8. The molecule has 0 bridgehead atoms. The van der Waals surface area contributed by atoms with E-state index in [1.54, 1.807) is 49.6 Å². The molecule has 0 aromatic heterocycles. The lowest BCUT2D eigenvalue weighted by Crippen LogP contribution is -2.22. The highest BCUT2D eigenvalue weighted by molar-refractivity contribution is 6.15. The van der Waals surface area contributed by atoms with Crippen molar-refractivity contribution in [2.75, 3.05) is 20.8 Å². The summed E-state index contributed by atoms with van der Waals surface area (Å²) in [6.07, 6.45) is 2.37. The Morgan fingerprint density at radius 1 is 0.907 bits per heavy atom. The van der Waals surface area contributed by atoms with Crippen molar-refractivity contribution in [3.05, 3.63) is 124 Å². The van der Waals surface area contributed by atoms with Gasteiger partial charge < -0.3 is 23.7 Å². The van der Waals surface area contributed by atoms with Gasteiger partial charge in [0.25, 0.3) is 0 Å². The molecule has 2 aliphatic heterocycles. The number of carbonyl (C=O) groups excluding carboxylic acids is 3. The zero-order valence-corrected chi connectivity index (χ0v) is 23.6. The van der Waals surface area contributed by atoms with Crippen LogP contribution in [0.25, 0.3) is 6.08 Å². The van der Waals surface area contributed by atoms with Crippen molar-refractivity contribution in [1.29, 1.82) is 0 Å². The van der Waals surface area contributed by atoms with Gasteiger partial charge in [-0.1, -0.05) is 42.5 Å². The Balaban J connectivity index is 1.29. The largest absolute Gasteiger partial charge is 0.497 e. The van der Waals surface area contributed by atoms with Gasteiger partial charge in [-0.3, -0.25) is 9.59 Å². The average Bonchev–Trinajstić information content (AvgIpc) is 3.35. The van der Waals surface area contributed by atoms with E-state index in [0.717, 1.165) is 16.9 Å². The second-order valence-electron chi connectivity index (χ2n) is 10.1. The van der Waals surface area contributed by atoms with Crippen molar-refractivity contribution >= 4 is 23.8 Å². The summed E-state index contributed by atoms with van der Waals surface area (Å²) in [6.45, 7) is 0.427. The standard InChI is InChI=1S/C35H28O8/c1-39-24-13-9-21(10-14-24)17-18-41-28-6-4-3-5-25(28)27-20-31(36)42-29-16-15-26-33(37)30(43-34(26)32(27)29)19-22-7-11-23(12-8-22)35(38)40-2/h3-16,19,27H,17-18,20H2,1-2H3/b30-19-. The number of Topliss-reactive ketones (excluding diaryl/α,β-unsaturated/α-hetero) is 1. The summed E-state index contributed by atoms with van der Waals surface area (Å²) >= 11 is 0. The Morgan fingerprint density at radius 2 is 1.67 bits per heavy atom.